The van der Waals surface area contributed by atoms with E-state index < -0.39 is 5.92 Å². The number of hydrogen-bond donors (Lipinski definition) is 0. The zero-order valence-electron chi connectivity index (χ0n) is 22.4. The highest BCUT2D eigenvalue weighted by molar-refractivity contribution is 7.10. The molecule has 0 aliphatic carbocycles. The minimum Gasteiger partial charge on any atom is -0.332 e. The van der Waals surface area contributed by atoms with Gasteiger partial charge in [0.25, 0.3) is 0 Å². The van der Waals surface area contributed by atoms with Crippen molar-refractivity contribution in [3.63, 3.8) is 0 Å². The smallest absolute Gasteiger partial charge is 0.242 e. The number of rotatable bonds is 11. The van der Waals surface area contributed by atoms with Crippen molar-refractivity contribution < 1.29 is 9.59 Å². The fraction of sp³-hybridized carbons (Fsp3) is 0.273. The van der Waals surface area contributed by atoms with Crippen LogP contribution in [0.1, 0.15) is 46.9 Å². The number of nitrogens with zero attached hydrogens (tertiary/aromatic N) is 2. The molecule has 0 spiro atoms. The Bertz CT molecular complexity index is 1260. The first-order chi connectivity index (χ1) is 18.4. The van der Waals surface area contributed by atoms with Crippen LogP contribution in [0, 0.1) is 12.8 Å². The quantitative estimate of drug-likeness (QED) is 0.214. The van der Waals surface area contributed by atoms with Gasteiger partial charge in [0.05, 0.1) is 19.0 Å². The lowest BCUT2D eigenvalue weighted by Crippen LogP contribution is -2.45. The van der Waals surface area contributed by atoms with E-state index >= 15 is 0 Å². The summed E-state index contributed by atoms with van der Waals surface area (Å²) in [6, 6.07) is 31.9. The van der Waals surface area contributed by atoms with Crippen molar-refractivity contribution in [3.05, 3.63) is 130 Å². The molecule has 0 unspecified atom stereocenters. The minimum atomic E-state index is -0.467. The molecule has 0 saturated heterocycles. The molecule has 38 heavy (non-hydrogen) atoms. The van der Waals surface area contributed by atoms with Crippen LogP contribution in [0.2, 0.25) is 0 Å². The van der Waals surface area contributed by atoms with Gasteiger partial charge in [-0.2, -0.15) is 0 Å². The van der Waals surface area contributed by atoms with E-state index in [2.05, 4.69) is 32.2 Å². The summed E-state index contributed by atoms with van der Waals surface area (Å²) >= 11 is 1.67. The molecule has 0 bridgehead atoms. The first kappa shape index (κ1) is 27.3. The largest absolute Gasteiger partial charge is 0.332 e. The Balaban J connectivity index is 1.63. The average Bonchev–Trinajstić information content (AvgIpc) is 3.33. The average molecular weight is 525 g/mol. The Morgan fingerprint density at radius 1 is 0.737 bits per heavy atom. The monoisotopic (exact) mass is 524 g/mol. The molecule has 0 N–H and O–H groups in total. The molecule has 196 valence electrons. The lowest BCUT2D eigenvalue weighted by atomic mass is 9.89. The Labute approximate surface area is 230 Å². The molecule has 4 aromatic rings. The lowest BCUT2D eigenvalue weighted by Gasteiger charge is -2.31. The zero-order chi connectivity index (χ0) is 26.9. The number of carbonyl (C=O) groups is 2. The molecule has 2 amide bonds. The predicted octanol–water partition coefficient (Wildman–Crippen LogP) is 6.90. The van der Waals surface area contributed by atoms with Gasteiger partial charge in [-0.15, -0.1) is 11.3 Å². The van der Waals surface area contributed by atoms with Gasteiger partial charge in [0, 0.05) is 18.0 Å². The second kappa shape index (κ2) is 13.2. The number of carbonyl (C=O) groups excluding carboxylic acids is 2. The maximum Gasteiger partial charge on any atom is 0.242 e. The third-order valence-corrected chi connectivity index (χ3v) is 7.62. The van der Waals surface area contributed by atoms with E-state index in [0.29, 0.717) is 19.6 Å². The van der Waals surface area contributed by atoms with Crippen molar-refractivity contribution in [2.45, 2.75) is 39.8 Å². The Morgan fingerprint density at radius 3 is 1.79 bits per heavy atom. The predicted molar refractivity (Wildman–Crippen MR) is 156 cm³/mol. The highest BCUT2D eigenvalue weighted by atomic mass is 32.1. The van der Waals surface area contributed by atoms with Gasteiger partial charge in [-0.3, -0.25) is 9.59 Å². The van der Waals surface area contributed by atoms with Gasteiger partial charge in [-0.1, -0.05) is 105 Å². The summed E-state index contributed by atoms with van der Waals surface area (Å²) in [5.41, 5.74) is 4.12. The summed E-state index contributed by atoms with van der Waals surface area (Å²) in [5, 5.41) is 2.06. The van der Waals surface area contributed by atoms with E-state index in [9.17, 15) is 9.59 Å². The summed E-state index contributed by atoms with van der Waals surface area (Å²) in [6.07, 6.45) is 0. The van der Waals surface area contributed by atoms with E-state index in [1.807, 2.05) is 95.9 Å². The molecule has 4 nitrogen and oxygen atoms in total. The van der Waals surface area contributed by atoms with E-state index in [0.717, 1.165) is 16.7 Å². The van der Waals surface area contributed by atoms with Crippen molar-refractivity contribution >= 4 is 23.2 Å². The van der Waals surface area contributed by atoms with Crippen molar-refractivity contribution in [2.24, 2.45) is 5.92 Å². The number of aryl methyl sites for hydroxylation is 1. The third-order valence-electron chi connectivity index (χ3n) is 6.61. The van der Waals surface area contributed by atoms with Crippen LogP contribution in [0.15, 0.2) is 102 Å². The Morgan fingerprint density at radius 2 is 1.29 bits per heavy atom. The summed E-state index contributed by atoms with van der Waals surface area (Å²) in [6.45, 7) is 7.84. The lowest BCUT2D eigenvalue weighted by molar-refractivity contribution is -0.142. The van der Waals surface area contributed by atoms with E-state index in [1.165, 1.54) is 10.4 Å². The SMILES string of the molecule is Cc1ccsc1CN(Cc1ccccc1)C(=O)CN(CC(C)C)C(=O)C(c1ccccc1)c1ccccc1. The molecule has 1 heterocycles. The van der Waals surface area contributed by atoms with Crippen molar-refractivity contribution in [1.82, 2.24) is 9.80 Å². The van der Waals surface area contributed by atoms with Gasteiger partial charge in [0.15, 0.2) is 0 Å². The fourth-order valence-corrected chi connectivity index (χ4v) is 5.58. The number of amides is 2. The number of thiophene rings is 1. The van der Waals surface area contributed by atoms with Gasteiger partial charge in [-0.25, -0.2) is 0 Å². The van der Waals surface area contributed by atoms with Gasteiger partial charge < -0.3 is 9.80 Å². The zero-order valence-corrected chi connectivity index (χ0v) is 23.2. The van der Waals surface area contributed by atoms with Crippen LogP contribution >= 0.6 is 11.3 Å². The van der Waals surface area contributed by atoms with Crippen molar-refractivity contribution in [2.75, 3.05) is 13.1 Å². The molecule has 4 rings (SSSR count). The number of benzene rings is 3. The summed E-state index contributed by atoms with van der Waals surface area (Å²) < 4.78 is 0. The maximum absolute atomic E-state index is 14.2. The van der Waals surface area contributed by atoms with Gasteiger partial charge >= 0.3 is 0 Å². The van der Waals surface area contributed by atoms with Crippen molar-refractivity contribution in [3.8, 4) is 0 Å². The molecule has 0 fully saturated rings. The van der Waals surface area contributed by atoms with Crippen LogP contribution in [0.4, 0.5) is 0 Å². The molecule has 0 atom stereocenters. The molecular weight excluding hydrogens is 488 g/mol. The van der Waals surface area contributed by atoms with Gasteiger partial charge in [-0.05, 0) is 46.5 Å². The summed E-state index contributed by atoms with van der Waals surface area (Å²) in [7, 11) is 0. The van der Waals surface area contributed by atoms with E-state index in [-0.39, 0.29) is 24.3 Å². The Kier molecular flexibility index (Phi) is 9.50. The molecular formula is C33H36N2O2S. The first-order valence-electron chi connectivity index (χ1n) is 13.2. The molecule has 0 radical (unpaired) electrons. The van der Waals surface area contributed by atoms with Crippen LogP contribution in [0.25, 0.3) is 0 Å². The highest BCUT2D eigenvalue weighted by Crippen LogP contribution is 2.28. The highest BCUT2D eigenvalue weighted by Gasteiger charge is 2.30. The normalized spacial score (nSPS) is 11.1. The fourth-order valence-electron chi connectivity index (χ4n) is 4.66. The van der Waals surface area contributed by atoms with Gasteiger partial charge in [0.1, 0.15) is 0 Å². The summed E-state index contributed by atoms with van der Waals surface area (Å²) in [4.78, 5) is 33.0. The first-order valence-corrected chi connectivity index (χ1v) is 14.0. The van der Waals surface area contributed by atoms with E-state index in [4.69, 9.17) is 0 Å². The molecule has 0 saturated carbocycles. The number of hydrogen-bond acceptors (Lipinski definition) is 3. The van der Waals surface area contributed by atoms with E-state index in [1.54, 1.807) is 16.2 Å². The molecule has 3 aromatic carbocycles. The molecule has 0 aliphatic heterocycles. The second-order valence-electron chi connectivity index (χ2n) is 10.1. The van der Waals surface area contributed by atoms with Crippen LogP contribution in [0.5, 0.6) is 0 Å². The summed E-state index contributed by atoms with van der Waals surface area (Å²) in [5.74, 6) is -0.334. The third kappa shape index (κ3) is 7.20. The van der Waals surface area contributed by atoms with Gasteiger partial charge in [0.2, 0.25) is 11.8 Å². The molecule has 0 aliphatic rings. The van der Waals surface area contributed by atoms with Crippen LogP contribution in [0.3, 0.4) is 0 Å². The molecule has 5 heteroatoms. The van der Waals surface area contributed by atoms with Crippen LogP contribution in [-0.2, 0) is 22.7 Å². The maximum atomic E-state index is 14.2. The second-order valence-corrected chi connectivity index (χ2v) is 11.1. The topological polar surface area (TPSA) is 40.6 Å². The molecule has 1 aromatic heterocycles. The minimum absolute atomic E-state index is 0.0450. The standard InChI is InChI=1S/C33H36N2O2S/c1-25(2)21-35(33(37)32(28-15-9-5-10-16-28)29-17-11-6-12-18-29)24-31(36)34(22-27-13-7-4-8-14-27)23-30-26(3)19-20-38-30/h4-20,25,32H,21-24H2,1-3H3. The Hall–Kier alpha value is -3.70. The van der Waals surface area contributed by atoms with Crippen LogP contribution < -0.4 is 0 Å². The van der Waals surface area contributed by atoms with Crippen LogP contribution in [-0.4, -0.2) is 34.7 Å². The van der Waals surface area contributed by atoms with Crippen molar-refractivity contribution in [1.29, 1.82) is 0 Å².